The maximum absolute atomic E-state index is 12.4. The molecule has 2 N–H and O–H groups in total. The van der Waals surface area contributed by atoms with Gasteiger partial charge in [0, 0.05) is 24.8 Å². The molecule has 1 unspecified atom stereocenters. The Morgan fingerprint density at radius 3 is 2.68 bits per heavy atom. The number of nitrogens with two attached hydrogens (primary N) is 1. The van der Waals surface area contributed by atoms with Crippen LogP contribution in [0.25, 0.3) is 0 Å². The molecule has 4 nitrogen and oxygen atoms in total. The van der Waals surface area contributed by atoms with Crippen LogP contribution in [0.2, 0.25) is 0 Å². The highest BCUT2D eigenvalue weighted by Crippen LogP contribution is 2.19. The lowest BCUT2D eigenvalue weighted by molar-refractivity contribution is -0.131. The summed E-state index contributed by atoms with van der Waals surface area (Å²) in [4.78, 5) is 16.6. The first kappa shape index (κ1) is 13.9. The first-order chi connectivity index (χ1) is 9.06. The standard InChI is InChI=1S/C15H23N3O/c1-17(2)11-14-4-3-9-18(14)15(19)10-12-5-7-13(16)8-6-12/h5-8,14H,3-4,9-11,16H2,1-2H3. The Kier molecular flexibility index (Phi) is 4.43. The fourth-order valence-electron chi connectivity index (χ4n) is 2.69. The Hall–Kier alpha value is -1.55. The number of hydrogen-bond donors (Lipinski definition) is 1. The molecule has 1 aromatic carbocycles. The molecule has 0 aromatic heterocycles. The first-order valence-electron chi connectivity index (χ1n) is 6.85. The second kappa shape index (κ2) is 6.06. The third-order valence-electron chi connectivity index (χ3n) is 3.61. The molecule has 1 heterocycles. The number of likely N-dealkylation sites (tertiary alicyclic amines) is 1. The fourth-order valence-corrected chi connectivity index (χ4v) is 2.69. The molecule has 0 saturated carbocycles. The molecule has 1 fully saturated rings. The zero-order chi connectivity index (χ0) is 13.8. The number of hydrogen-bond acceptors (Lipinski definition) is 3. The van der Waals surface area contributed by atoms with Crippen LogP contribution >= 0.6 is 0 Å². The van der Waals surface area contributed by atoms with Crippen LogP contribution < -0.4 is 5.73 Å². The molecule has 4 heteroatoms. The minimum atomic E-state index is 0.231. The van der Waals surface area contributed by atoms with Gasteiger partial charge in [-0.25, -0.2) is 0 Å². The Labute approximate surface area is 115 Å². The van der Waals surface area contributed by atoms with Crippen LogP contribution in [0, 0.1) is 0 Å². The second-order valence-corrected chi connectivity index (χ2v) is 5.56. The minimum Gasteiger partial charge on any atom is -0.399 e. The summed E-state index contributed by atoms with van der Waals surface area (Å²) in [6.45, 7) is 1.85. The van der Waals surface area contributed by atoms with E-state index < -0.39 is 0 Å². The molecule has 104 valence electrons. The van der Waals surface area contributed by atoms with Crippen LogP contribution in [0.5, 0.6) is 0 Å². The van der Waals surface area contributed by atoms with Gasteiger partial charge in [-0.3, -0.25) is 4.79 Å². The Morgan fingerprint density at radius 1 is 1.37 bits per heavy atom. The number of amides is 1. The highest BCUT2D eigenvalue weighted by atomic mass is 16.2. The SMILES string of the molecule is CN(C)CC1CCCN1C(=O)Cc1ccc(N)cc1. The normalized spacial score (nSPS) is 19.1. The molecule has 1 atom stereocenters. The number of nitrogen functional groups attached to an aromatic ring is 1. The molecule has 1 aliphatic heterocycles. The van der Waals surface area contributed by atoms with E-state index in [-0.39, 0.29) is 5.91 Å². The van der Waals surface area contributed by atoms with E-state index in [1.807, 2.05) is 29.2 Å². The van der Waals surface area contributed by atoms with E-state index in [1.165, 1.54) is 0 Å². The second-order valence-electron chi connectivity index (χ2n) is 5.56. The van der Waals surface area contributed by atoms with Gasteiger partial charge in [0.05, 0.1) is 6.42 Å². The van der Waals surface area contributed by atoms with Crippen LogP contribution in [-0.4, -0.2) is 48.9 Å². The van der Waals surface area contributed by atoms with Gasteiger partial charge in [-0.05, 0) is 44.6 Å². The van der Waals surface area contributed by atoms with Gasteiger partial charge in [-0.1, -0.05) is 12.1 Å². The predicted molar refractivity (Wildman–Crippen MR) is 77.8 cm³/mol. The van der Waals surface area contributed by atoms with E-state index in [1.54, 1.807) is 0 Å². The van der Waals surface area contributed by atoms with Crippen molar-refractivity contribution < 1.29 is 4.79 Å². The van der Waals surface area contributed by atoms with Crippen LogP contribution in [0.4, 0.5) is 5.69 Å². The first-order valence-corrected chi connectivity index (χ1v) is 6.85. The molecular weight excluding hydrogens is 238 g/mol. The average Bonchev–Trinajstić information content (AvgIpc) is 2.79. The molecule has 0 bridgehead atoms. The summed E-state index contributed by atoms with van der Waals surface area (Å²) in [6, 6.07) is 7.94. The molecule has 1 amide bonds. The summed E-state index contributed by atoms with van der Waals surface area (Å²) < 4.78 is 0. The summed E-state index contributed by atoms with van der Waals surface area (Å²) in [5.74, 6) is 0.231. The highest BCUT2D eigenvalue weighted by molar-refractivity contribution is 5.79. The highest BCUT2D eigenvalue weighted by Gasteiger charge is 2.28. The molecule has 2 rings (SSSR count). The Morgan fingerprint density at radius 2 is 2.05 bits per heavy atom. The van der Waals surface area contributed by atoms with E-state index >= 15 is 0 Å². The van der Waals surface area contributed by atoms with Crippen molar-refractivity contribution in [2.24, 2.45) is 0 Å². The molecule has 0 spiro atoms. The number of anilines is 1. The topological polar surface area (TPSA) is 49.6 Å². The molecular formula is C15H23N3O. The van der Waals surface area contributed by atoms with Crippen molar-refractivity contribution in [2.45, 2.75) is 25.3 Å². The molecule has 0 radical (unpaired) electrons. The molecule has 0 aliphatic carbocycles. The lowest BCUT2D eigenvalue weighted by Crippen LogP contribution is -2.42. The fraction of sp³-hybridized carbons (Fsp3) is 0.533. The van der Waals surface area contributed by atoms with Gasteiger partial charge in [-0.2, -0.15) is 0 Å². The van der Waals surface area contributed by atoms with Crippen molar-refractivity contribution in [2.75, 3.05) is 32.9 Å². The van der Waals surface area contributed by atoms with E-state index in [2.05, 4.69) is 19.0 Å². The van der Waals surface area contributed by atoms with Crippen LogP contribution in [0.3, 0.4) is 0 Å². The van der Waals surface area contributed by atoms with Gasteiger partial charge in [0.1, 0.15) is 0 Å². The predicted octanol–water partition coefficient (Wildman–Crippen LogP) is 1.36. The van der Waals surface area contributed by atoms with Crippen molar-refractivity contribution in [3.05, 3.63) is 29.8 Å². The number of nitrogens with zero attached hydrogens (tertiary/aromatic N) is 2. The maximum Gasteiger partial charge on any atom is 0.227 e. The smallest absolute Gasteiger partial charge is 0.227 e. The molecule has 19 heavy (non-hydrogen) atoms. The lowest BCUT2D eigenvalue weighted by Gasteiger charge is -2.27. The summed E-state index contributed by atoms with van der Waals surface area (Å²) in [5.41, 5.74) is 7.43. The maximum atomic E-state index is 12.4. The zero-order valence-electron chi connectivity index (χ0n) is 11.8. The Balaban J connectivity index is 1.97. The number of benzene rings is 1. The summed E-state index contributed by atoms with van der Waals surface area (Å²) >= 11 is 0. The largest absolute Gasteiger partial charge is 0.399 e. The van der Waals surface area contributed by atoms with Gasteiger partial charge < -0.3 is 15.5 Å². The average molecular weight is 261 g/mol. The van der Waals surface area contributed by atoms with Gasteiger partial charge in [0.15, 0.2) is 0 Å². The lowest BCUT2D eigenvalue weighted by atomic mass is 10.1. The summed E-state index contributed by atoms with van der Waals surface area (Å²) in [6.07, 6.45) is 2.71. The molecule has 1 aliphatic rings. The van der Waals surface area contributed by atoms with Crippen molar-refractivity contribution in [1.82, 2.24) is 9.80 Å². The van der Waals surface area contributed by atoms with Crippen LogP contribution in [-0.2, 0) is 11.2 Å². The zero-order valence-corrected chi connectivity index (χ0v) is 11.8. The molecule has 1 aromatic rings. The van der Waals surface area contributed by atoms with Gasteiger partial charge in [0.2, 0.25) is 5.91 Å². The van der Waals surface area contributed by atoms with Crippen molar-refractivity contribution in [3.63, 3.8) is 0 Å². The van der Waals surface area contributed by atoms with Crippen LogP contribution in [0.15, 0.2) is 24.3 Å². The number of carbonyl (C=O) groups excluding carboxylic acids is 1. The van der Waals surface area contributed by atoms with Crippen molar-refractivity contribution in [1.29, 1.82) is 0 Å². The van der Waals surface area contributed by atoms with Crippen molar-refractivity contribution in [3.8, 4) is 0 Å². The van der Waals surface area contributed by atoms with Gasteiger partial charge in [0.25, 0.3) is 0 Å². The number of carbonyl (C=O) groups is 1. The van der Waals surface area contributed by atoms with Crippen LogP contribution in [0.1, 0.15) is 18.4 Å². The summed E-state index contributed by atoms with van der Waals surface area (Å²) in [5, 5.41) is 0. The van der Waals surface area contributed by atoms with Crippen molar-refractivity contribution >= 4 is 11.6 Å². The number of likely N-dealkylation sites (N-methyl/N-ethyl adjacent to an activating group) is 1. The van der Waals surface area contributed by atoms with Gasteiger partial charge in [-0.15, -0.1) is 0 Å². The van der Waals surface area contributed by atoms with E-state index in [0.29, 0.717) is 12.5 Å². The summed E-state index contributed by atoms with van der Waals surface area (Å²) in [7, 11) is 4.11. The van der Waals surface area contributed by atoms with E-state index in [0.717, 1.165) is 37.2 Å². The third kappa shape index (κ3) is 3.70. The van der Waals surface area contributed by atoms with Gasteiger partial charge >= 0.3 is 0 Å². The Bertz CT molecular complexity index is 428. The van der Waals surface area contributed by atoms with E-state index in [9.17, 15) is 4.79 Å². The number of rotatable bonds is 4. The third-order valence-corrected chi connectivity index (χ3v) is 3.61. The molecule has 1 saturated heterocycles. The minimum absolute atomic E-state index is 0.231. The monoisotopic (exact) mass is 261 g/mol. The van der Waals surface area contributed by atoms with E-state index in [4.69, 9.17) is 5.73 Å². The quantitative estimate of drug-likeness (QED) is 0.833.